The molecule has 5 aromatic carbocycles. The molecule has 2 heterocycles. The van der Waals surface area contributed by atoms with Gasteiger partial charge in [-0.1, -0.05) is 174 Å². The number of nitrogens with zero attached hydrogens (tertiary/aromatic N) is 1. The zero-order valence-electron chi connectivity index (χ0n) is 36.8. The maximum atomic E-state index is 6.99. The van der Waals surface area contributed by atoms with Gasteiger partial charge in [0.05, 0.1) is 0 Å². The second-order valence-corrected chi connectivity index (χ2v) is 15.0. The summed E-state index contributed by atoms with van der Waals surface area (Å²) in [4.78, 5) is 0. The number of para-hydroxylation sites is 2. The summed E-state index contributed by atoms with van der Waals surface area (Å²) in [7, 11) is 0. The van der Waals surface area contributed by atoms with Gasteiger partial charge in [-0.2, -0.15) is 0 Å². The Labute approximate surface area is 363 Å². The molecule has 0 bridgehead atoms. The molecule has 0 amide bonds. The zero-order chi connectivity index (χ0) is 42.7. The van der Waals surface area contributed by atoms with Crippen molar-refractivity contribution in [2.24, 2.45) is 5.92 Å². The minimum Gasteiger partial charge on any atom is -0.455 e. The number of hydrogen-bond donors (Lipinski definition) is 0. The Morgan fingerprint density at radius 1 is 0.738 bits per heavy atom. The van der Waals surface area contributed by atoms with Crippen molar-refractivity contribution in [2.75, 3.05) is 0 Å². The van der Waals surface area contributed by atoms with Crippen molar-refractivity contribution >= 4 is 39.2 Å². The van der Waals surface area contributed by atoms with Crippen LogP contribution in [0.15, 0.2) is 193 Å². The average molecular weight is 798 g/mol. The van der Waals surface area contributed by atoms with Crippen molar-refractivity contribution < 1.29 is 4.42 Å². The van der Waals surface area contributed by atoms with Gasteiger partial charge in [-0.05, 0) is 124 Å². The first-order chi connectivity index (χ1) is 30.2. The van der Waals surface area contributed by atoms with E-state index in [2.05, 4.69) is 201 Å². The monoisotopic (exact) mass is 797 g/mol. The number of fused-ring (bicyclic) bond motifs is 5. The van der Waals surface area contributed by atoms with E-state index in [1.165, 1.54) is 49.4 Å². The third-order valence-electron chi connectivity index (χ3n) is 11.5. The molecule has 9 rings (SSSR count). The van der Waals surface area contributed by atoms with Crippen LogP contribution < -0.4 is 10.4 Å². The highest BCUT2D eigenvalue weighted by atomic mass is 16.3. The average Bonchev–Trinajstić information content (AvgIpc) is 3.58. The first kappa shape index (κ1) is 42.5. The normalized spacial score (nSPS) is 14.2. The summed E-state index contributed by atoms with van der Waals surface area (Å²) >= 11 is 0. The molecule has 7 aromatic rings. The van der Waals surface area contributed by atoms with E-state index in [4.69, 9.17) is 4.42 Å². The molecular formula is C59H59NO. The van der Waals surface area contributed by atoms with Gasteiger partial charge in [0.1, 0.15) is 11.2 Å². The van der Waals surface area contributed by atoms with Crippen molar-refractivity contribution in [3.63, 3.8) is 0 Å². The van der Waals surface area contributed by atoms with Gasteiger partial charge in [-0.3, -0.25) is 0 Å². The minimum atomic E-state index is 0.256. The van der Waals surface area contributed by atoms with Crippen molar-refractivity contribution in [3.05, 3.63) is 227 Å². The van der Waals surface area contributed by atoms with Crippen LogP contribution >= 0.6 is 0 Å². The summed E-state index contributed by atoms with van der Waals surface area (Å²) in [5.41, 5.74) is 15.2. The summed E-state index contributed by atoms with van der Waals surface area (Å²) in [5, 5.41) is 4.86. The molecule has 1 atom stereocenters. The molecule has 2 aliphatic carbocycles. The molecule has 0 radical (unpaired) electrons. The molecule has 2 aliphatic rings. The lowest BCUT2D eigenvalue weighted by atomic mass is 9.73. The Balaban J connectivity index is 0.00000136. The van der Waals surface area contributed by atoms with Gasteiger partial charge in [0.2, 0.25) is 0 Å². The molecule has 0 spiro atoms. The second-order valence-electron chi connectivity index (χ2n) is 15.0. The van der Waals surface area contributed by atoms with Gasteiger partial charge in [-0.15, -0.1) is 6.58 Å². The number of aromatic nitrogens is 1. The Kier molecular flexibility index (Phi) is 14.0. The number of aryl methyl sites for hydroxylation is 1. The van der Waals surface area contributed by atoms with Gasteiger partial charge in [-0.25, -0.2) is 0 Å². The maximum Gasteiger partial charge on any atom is 0.143 e. The molecule has 61 heavy (non-hydrogen) atoms. The highest BCUT2D eigenvalue weighted by Gasteiger charge is 2.31. The summed E-state index contributed by atoms with van der Waals surface area (Å²) in [6.45, 7) is 16.6. The van der Waals surface area contributed by atoms with Crippen molar-refractivity contribution in [3.8, 4) is 16.8 Å². The largest absolute Gasteiger partial charge is 0.455 e. The predicted molar refractivity (Wildman–Crippen MR) is 264 cm³/mol. The number of rotatable bonds is 8. The van der Waals surface area contributed by atoms with E-state index < -0.39 is 0 Å². The number of benzene rings is 5. The van der Waals surface area contributed by atoms with E-state index in [1.54, 1.807) is 0 Å². The van der Waals surface area contributed by atoms with Crippen LogP contribution in [0.25, 0.3) is 56.0 Å². The Morgan fingerprint density at radius 3 is 2.16 bits per heavy atom. The standard InChI is InChI=1S/C55H47NO.2C2H6/c1-4-6-32-50-42(21-5-2)38(3)37-40(24-20-36-56(50)41-25-12-8-13-26-41)43-34-35-49(54-48-31-18-19-33-51(48)57-55(43)54)53-46-28-15-9-14-27-44(46)52(39-22-10-7-11-23-39)45-29-16-17-30-47(45)53;2*1-2/h5-13,15-20,22-26,28-37,44H,2,4,14,21,27H2,1,3H3;2*1-2H3/b32-6-,36-20?,38-37?,40-24?,50-42?;;. The van der Waals surface area contributed by atoms with Gasteiger partial charge in [0.15, 0.2) is 0 Å². The van der Waals surface area contributed by atoms with E-state index in [0.717, 1.165) is 70.1 Å². The molecule has 0 aliphatic heterocycles. The Hall–Kier alpha value is -6.64. The van der Waals surface area contributed by atoms with Crippen molar-refractivity contribution in [2.45, 2.75) is 67.2 Å². The summed E-state index contributed by atoms with van der Waals surface area (Å²) in [6, 6.07) is 50.5. The van der Waals surface area contributed by atoms with Crippen LogP contribution in [0.3, 0.4) is 0 Å². The number of allylic oxidation sites excluding steroid dienone is 6. The lowest BCUT2D eigenvalue weighted by Crippen LogP contribution is -2.37. The Morgan fingerprint density at radius 2 is 1.41 bits per heavy atom. The van der Waals surface area contributed by atoms with Crippen LogP contribution in [-0.2, 0) is 6.42 Å². The summed E-state index contributed by atoms with van der Waals surface area (Å²) in [5.74, 6) is 0.256. The van der Waals surface area contributed by atoms with Gasteiger partial charge >= 0.3 is 0 Å². The molecule has 0 saturated carbocycles. The van der Waals surface area contributed by atoms with Crippen molar-refractivity contribution in [1.82, 2.24) is 4.57 Å². The topological polar surface area (TPSA) is 18.1 Å². The van der Waals surface area contributed by atoms with E-state index in [0.29, 0.717) is 0 Å². The molecule has 2 heteroatoms. The van der Waals surface area contributed by atoms with E-state index in [9.17, 15) is 0 Å². The molecule has 0 N–H and O–H groups in total. The van der Waals surface area contributed by atoms with E-state index in [-0.39, 0.29) is 5.92 Å². The quantitative estimate of drug-likeness (QED) is 0.140. The molecule has 2 aromatic heterocycles. The first-order valence-corrected chi connectivity index (χ1v) is 22.3. The third kappa shape index (κ3) is 8.41. The molecule has 1 unspecified atom stereocenters. The van der Waals surface area contributed by atoms with Gasteiger partial charge in [0, 0.05) is 39.8 Å². The maximum absolute atomic E-state index is 6.99. The summed E-state index contributed by atoms with van der Waals surface area (Å²) in [6.07, 6.45) is 19.4. The first-order valence-electron chi connectivity index (χ1n) is 22.3. The molecule has 306 valence electrons. The Bertz CT molecular complexity index is 2930. The molecule has 0 saturated heterocycles. The SMILES string of the molecule is C=CCc1c(C)cc(-c2ccc(C3=c4ccccc4=C(c4ccccc4)C4CCC=CC=C34)c3c2oc2ccccc23)cccn(-c2ccccc2)c1/C=C\CC.CC.CC. The fourth-order valence-corrected chi connectivity index (χ4v) is 9.01. The van der Waals surface area contributed by atoms with Crippen LogP contribution in [0, 0.1) is 12.8 Å². The molecule has 2 nitrogen and oxygen atoms in total. The van der Waals surface area contributed by atoms with Crippen LogP contribution in [0.5, 0.6) is 0 Å². The van der Waals surface area contributed by atoms with Crippen LogP contribution in [-0.4, -0.2) is 4.57 Å². The lowest BCUT2D eigenvalue weighted by molar-refractivity contribution is 0.670. The van der Waals surface area contributed by atoms with Gasteiger partial charge < -0.3 is 8.98 Å². The third-order valence-corrected chi connectivity index (χ3v) is 11.5. The molecular weight excluding hydrogens is 739 g/mol. The number of furan rings is 1. The second kappa shape index (κ2) is 20.1. The van der Waals surface area contributed by atoms with Crippen LogP contribution in [0.1, 0.15) is 81.8 Å². The van der Waals surface area contributed by atoms with Gasteiger partial charge in [0.25, 0.3) is 0 Å². The van der Waals surface area contributed by atoms with Crippen LogP contribution in [0.4, 0.5) is 0 Å². The fraction of sp³-hybridized carbons (Fsp3) is 0.186. The predicted octanol–water partition coefficient (Wildman–Crippen LogP) is 15.0. The van der Waals surface area contributed by atoms with E-state index >= 15 is 0 Å². The highest BCUT2D eigenvalue weighted by Crippen LogP contribution is 2.45. The van der Waals surface area contributed by atoms with E-state index in [1.807, 2.05) is 33.8 Å². The number of hydrogen-bond acceptors (Lipinski definition) is 1. The molecule has 0 fully saturated rings. The fourth-order valence-electron chi connectivity index (χ4n) is 9.01. The highest BCUT2D eigenvalue weighted by molar-refractivity contribution is 6.15. The lowest BCUT2D eigenvalue weighted by Gasteiger charge is -2.30. The summed E-state index contributed by atoms with van der Waals surface area (Å²) < 4.78 is 9.29. The van der Waals surface area contributed by atoms with Crippen LogP contribution in [0.2, 0.25) is 0 Å². The zero-order valence-corrected chi connectivity index (χ0v) is 36.8. The smallest absolute Gasteiger partial charge is 0.143 e. The van der Waals surface area contributed by atoms with Crippen molar-refractivity contribution in [1.29, 1.82) is 0 Å². The minimum absolute atomic E-state index is 0.256.